The topological polar surface area (TPSA) is 122 Å². The third-order valence-electron chi connectivity index (χ3n) is 2.52. The summed E-state index contributed by atoms with van der Waals surface area (Å²) in [4.78, 5) is 34.2. The Hall–Kier alpha value is -1.28. The first-order valence-corrected chi connectivity index (χ1v) is 6.54. The highest BCUT2D eigenvalue weighted by Gasteiger charge is 2.26. The van der Waals surface area contributed by atoms with Crippen molar-refractivity contribution in [1.82, 2.24) is 10.6 Å². The molecular weight excluding hydrogens is 270 g/mol. The number of carboxylic acid groups (broad SMARTS) is 1. The third-order valence-corrected chi connectivity index (χ3v) is 2.91. The highest BCUT2D eigenvalue weighted by Crippen LogP contribution is 2.02. The molecule has 0 spiro atoms. The predicted octanol–water partition coefficient (Wildman–Crippen LogP) is -1.03. The van der Waals surface area contributed by atoms with Crippen molar-refractivity contribution in [2.24, 2.45) is 11.7 Å². The SMILES string of the molecule is CC(C)[C@H](NC(=O)[C@H](C)NC(=O)[C@@H](N)CS)C(=O)O. The number of hydrogen-bond donors (Lipinski definition) is 5. The van der Waals surface area contributed by atoms with Crippen molar-refractivity contribution < 1.29 is 19.5 Å². The number of nitrogens with two attached hydrogens (primary N) is 1. The molecule has 3 atom stereocenters. The molecule has 0 fully saturated rings. The highest BCUT2D eigenvalue weighted by atomic mass is 32.1. The van der Waals surface area contributed by atoms with Gasteiger partial charge in [-0.05, 0) is 12.8 Å². The first kappa shape index (κ1) is 17.7. The van der Waals surface area contributed by atoms with Crippen molar-refractivity contribution in [3.8, 4) is 0 Å². The number of aliphatic carboxylic acids is 1. The summed E-state index contributed by atoms with van der Waals surface area (Å²) in [5.74, 6) is -2.29. The number of amides is 2. The van der Waals surface area contributed by atoms with E-state index in [9.17, 15) is 14.4 Å². The second kappa shape index (κ2) is 8.00. The quantitative estimate of drug-likeness (QED) is 0.384. The highest BCUT2D eigenvalue weighted by molar-refractivity contribution is 7.80. The van der Waals surface area contributed by atoms with Gasteiger partial charge in [0.2, 0.25) is 11.8 Å². The van der Waals surface area contributed by atoms with Gasteiger partial charge in [-0.15, -0.1) is 0 Å². The summed E-state index contributed by atoms with van der Waals surface area (Å²) in [6.45, 7) is 4.82. The minimum atomic E-state index is -1.12. The zero-order valence-corrected chi connectivity index (χ0v) is 12.1. The number of carboxylic acids is 1. The van der Waals surface area contributed by atoms with Crippen molar-refractivity contribution in [3.63, 3.8) is 0 Å². The maximum Gasteiger partial charge on any atom is 0.326 e. The average molecular weight is 291 g/mol. The standard InChI is InChI=1S/C11H21N3O4S/c1-5(2)8(11(17)18)14-9(15)6(3)13-10(16)7(12)4-19/h5-8,19H,4,12H2,1-3H3,(H,13,16)(H,14,15)(H,17,18)/t6-,7-,8-/m0/s1. The van der Waals surface area contributed by atoms with Crippen LogP contribution < -0.4 is 16.4 Å². The molecule has 8 heteroatoms. The average Bonchev–Trinajstić information content (AvgIpc) is 2.33. The Kier molecular flexibility index (Phi) is 7.47. The fourth-order valence-electron chi connectivity index (χ4n) is 1.26. The smallest absolute Gasteiger partial charge is 0.326 e. The van der Waals surface area contributed by atoms with Crippen molar-refractivity contribution in [2.45, 2.75) is 38.9 Å². The largest absolute Gasteiger partial charge is 0.480 e. The predicted molar refractivity (Wildman–Crippen MR) is 73.8 cm³/mol. The molecule has 0 rings (SSSR count). The van der Waals surface area contributed by atoms with Gasteiger partial charge in [0.25, 0.3) is 0 Å². The van der Waals surface area contributed by atoms with E-state index in [1.54, 1.807) is 13.8 Å². The maximum atomic E-state index is 11.8. The van der Waals surface area contributed by atoms with Crippen molar-refractivity contribution in [2.75, 3.05) is 5.75 Å². The summed E-state index contributed by atoms with van der Waals surface area (Å²) in [6.07, 6.45) is 0. The molecule has 7 nitrogen and oxygen atoms in total. The van der Waals surface area contributed by atoms with Gasteiger partial charge >= 0.3 is 5.97 Å². The molecule has 19 heavy (non-hydrogen) atoms. The lowest BCUT2D eigenvalue weighted by atomic mass is 10.0. The second-order valence-corrected chi connectivity index (χ2v) is 4.95. The van der Waals surface area contributed by atoms with Gasteiger partial charge in [0.05, 0.1) is 6.04 Å². The molecule has 0 aromatic carbocycles. The van der Waals surface area contributed by atoms with E-state index in [0.29, 0.717) is 0 Å². The van der Waals surface area contributed by atoms with E-state index in [2.05, 4.69) is 23.3 Å². The van der Waals surface area contributed by atoms with Gasteiger partial charge in [0.15, 0.2) is 0 Å². The summed E-state index contributed by atoms with van der Waals surface area (Å²) in [5, 5.41) is 13.7. The van der Waals surface area contributed by atoms with Crippen LogP contribution in [0.4, 0.5) is 0 Å². The zero-order chi connectivity index (χ0) is 15.2. The molecule has 0 aliphatic heterocycles. The number of hydrogen-bond acceptors (Lipinski definition) is 5. The van der Waals surface area contributed by atoms with Crippen molar-refractivity contribution in [3.05, 3.63) is 0 Å². The van der Waals surface area contributed by atoms with Crippen LogP contribution in [0.1, 0.15) is 20.8 Å². The van der Waals surface area contributed by atoms with Gasteiger partial charge in [0, 0.05) is 5.75 Å². The monoisotopic (exact) mass is 291 g/mol. The number of thiol groups is 1. The van der Waals surface area contributed by atoms with E-state index in [4.69, 9.17) is 10.8 Å². The van der Waals surface area contributed by atoms with E-state index >= 15 is 0 Å². The molecule has 0 heterocycles. The van der Waals surface area contributed by atoms with Gasteiger partial charge in [-0.2, -0.15) is 12.6 Å². The Morgan fingerprint density at radius 1 is 1.16 bits per heavy atom. The Labute approximate surface area is 117 Å². The van der Waals surface area contributed by atoms with Gasteiger partial charge in [-0.25, -0.2) is 4.79 Å². The van der Waals surface area contributed by atoms with Crippen LogP contribution in [0.5, 0.6) is 0 Å². The Morgan fingerprint density at radius 3 is 2.05 bits per heavy atom. The van der Waals surface area contributed by atoms with E-state index in [0.717, 1.165) is 0 Å². The maximum absolute atomic E-state index is 11.8. The lowest BCUT2D eigenvalue weighted by Gasteiger charge is -2.21. The van der Waals surface area contributed by atoms with E-state index < -0.39 is 35.9 Å². The van der Waals surface area contributed by atoms with Gasteiger partial charge in [0.1, 0.15) is 12.1 Å². The second-order valence-electron chi connectivity index (χ2n) is 4.59. The van der Waals surface area contributed by atoms with E-state index in [1.807, 2.05) is 0 Å². The molecule has 0 radical (unpaired) electrons. The summed E-state index contributed by atoms with van der Waals surface area (Å²) in [7, 11) is 0. The molecule has 0 aliphatic carbocycles. The third kappa shape index (κ3) is 5.93. The molecule has 0 aliphatic rings. The van der Waals surface area contributed by atoms with Crippen LogP contribution in [0.25, 0.3) is 0 Å². The number of carbonyl (C=O) groups excluding carboxylic acids is 2. The van der Waals surface area contributed by atoms with Gasteiger partial charge < -0.3 is 21.5 Å². The van der Waals surface area contributed by atoms with Crippen LogP contribution in [0.3, 0.4) is 0 Å². The van der Waals surface area contributed by atoms with Crippen LogP contribution in [-0.2, 0) is 14.4 Å². The number of nitrogens with one attached hydrogen (secondary N) is 2. The molecule has 0 unspecified atom stereocenters. The molecule has 0 aromatic heterocycles. The Morgan fingerprint density at radius 2 is 1.68 bits per heavy atom. The minimum Gasteiger partial charge on any atom is -0.480 e. The summed E-state index contributed by atoms with van der Waals surface area (Å²) in [6, 6.07) is -2.66. The lowest BCUT2D eigenvalue weighted by molar-refractivity contribution is -0.143. The first-order valence-electron chi connectivity index (χ1n) is 5.90. The van der Waals surface area contributed by atoms with Gasteiger partial charge in [-0.3, -0.25) is 9.59 Å². The van der Waals surface area contributed by atoms with Crippen LogP contribution in [0.2, 0.25) is 0 Å². The zero-order valence-electron chi connectivity index (χ0n) is 11.2. The van der Waals surface area contributed by atoms with Crippen LogP contribution in [0.15, 0.2) is 0 Å². The van der Waals surface area contributed by atoms with Gasteiger partial charge in [-0.1, -0.05) is 13.8 Å². The lowest BCUT2D eigenvalue weighted by Crippen LogP contribution is -2.54. The fraction of sp³-hybridized carbons (Fsp3) is 0.727. The fourth-order valence-corrected chi connectivity index (χ4v) is 1.43. The molecular formula is C11H21N3O4S. The molecule has 0 saturated carbocycles. The molecule has 0 bridgehead atoms. The number of carbonyl (C=O) groups is 3. The minimum absolute atomic E-state index is 0.157. The normalized spacial score (nSPS) is 15.5. The van der Waals surface area contributed by atoms with Crippen molar-refractivity contribution >= 4 is 30.4 Å². The molecule has 2 amide bonds. The van der Waals surface area contributed by atoms with E-state index in [1.165, 1.54) is 6.92 Å². The Balaban J connectivity index is 4.49. The van der Waals surface area contributed by atoms with Crippen LogP contribution >= 0.6 is 12.6 Å². The van der Waals surface area contributed by atoms with E-state index in [-0.39, 0.29) is 11.7 Å². The Bertz CT molecular complexity index is 349. The molecule has 0 saturated heterocycles. The van der Waals surface area contributed by atoms with Crippen LogP contribution in [0, 0.1) is 5.92 Å². The van der Waals surface area contributed by atoms with Crippen LogP contribution in [-0.4, -0.2) is 46.8 Å². The summed E-state index contributed by atoms with van der Waals surface area (Å²) >= 11 is 3.87. The summed E-state index contributed by atoms with van der Waals surface area (Å²) in [5.41, 5.74) is 5.45. The summed E-state index contributed by atoms with van der Waals surface area (Å²) < 4.78 is 0. The first-order chi connectivity index (χ1) is 8.70. The molecule has 5 N–H and O–H groups in total. The molecule has 0 aromatic rings. The number of rotatable bonds is 7. The molecule has 110 valence electrons. The van der Waals surface area contributed by atoms with Crippen molar-refractivity contribution in [1.29, 1.82) is 0 Å².